The first-order chi connectivity index (χ1) is 17.4. The van der Waals surface area contributed by atoms with Gasteiger partial charge in [0.25, 0.3) is 11.8 Å². The summed E-state index contributed by atoms with van der Waals surface area (Å²) in [4.78, 5) is 27.3. The van der Waals surface area contributed by atoms with E-state index in [2.05, 4.69) is 5.32 Å². The average Bonchev–Trinajstić information content (AvgIpc) is 2.89. The average molecular weight is 486 g/mol. The highest BCUT2D eigenvalue weighted by Crippen LogP contribution is 2.18. The molecule has 0 atom stereocenters. The molecule has 0 fully saturated rings. The molecule has 0 bridgehead atoms. The molecule has 0 unspecified atom stereocenters. The van der Waals surface area contributed by atoms with E-state index in [4.69, 9.17) is 5.73 Å². The monoisotopic (exact) mass is 485 g/mol. The quantitative estimate of drug-likeness (QED) is 0.345. The minimum absolute atomic E-state index is 0.214. The van der Waals surface area contributed by atoms with Crippen LogP contribution in [-0.4, -0.2) is 16.7 Å². The van der Waals surface area contributed by atoms with Crippen molar-refractivity contribution in [1.29, 1.82) is 0 Å². The highest BCUT2D eigenvalue weighted by Gasteiger charge is 2.18. The van der Waals surface area contributed by atoms with Crippen molar-refractivity contribution >= 4 is 17.5 Å². The van der Waals surface area contributed by atoms with Crippen molar-refractivity contribution in [1.82, 2.24) is 4.90 Å². The minimum atomic E-state index is -0.488. The predicted octanol–water partition coefficient (Wildman–Crippen LogP) is 5.52. The van der Waals surface area contributed by atoms with E-state index in [0.29, 0.717) is 18.8 Å². The molecule has 0 aliphatic carbocycles. The first-order valence-electron chi connectivity index (χ1n) is 11.4. The largest absolute Gasteiger partial charge is 0.330 e. The van der Waals surface area contributed by atoms with Crippen molar-refractivity contribution in [2.24, 2.45) is 5.73 Å². The number of rotatable bonds is 8. The second-order valence-electron chi connectivity index (χ2n) is 8.36. The SMILES string of the molecule is NCc1cccc(CN(Cc2ccc(NC(=O)c3cccc(F)c3)cc2)C(=O)c2cccc(F)c2)c1. The molecule has 2 amide bonds. The van der Waals surface area contributed by atoms with Crippen molar-refractivity contribution < 1.29 is 18.4 Å². The lowest BCUT2D eigenvalue weighted by Crippen LogP contribution is -2.30. The predicted molar refractivity (Wildman–Crippen MR) is 135 cm³/mol. The topological polar surface area (TPSA) is 75.4 Å². The molecule has 36 heavy (non-hydrogen) atoms. The fourth-order valence-electron chi connectivity index (χ4n) is 3.83. The number of nitrogens with zero attached hydrogens (tertiary/aromatic N) is 1. The van der Waals surface area contributed by atoms with Crippen LogP contribution in [0.5, 0.6) is 0 Å². The van der Waals surface area contributed by atoms with Crippen LogP contribution in [0.25, 0.3) is 0 Å². The molecule has 0 spiro atoms. The third-order valence-electron chi connectivity index (χ3n) is 5.63. The maximum absolute atomic E-state index is 13.8. The first-order valence-corrected chi connectivity index (χ1v) is 11.4. The van der Waals surface area contributed by atoms with Crippen LogP contribution in [-0.2, 0) is 19.6 Å². The molecule has 0 aliphatic rings. The maximum Gasteiger partial charge on any atom is 0.255 e. The number of amides is 2. The third kappa shape index (κ3) is 6.40. The lowest BCUT2D eigenvalue weighted by atomic mass is 10.1. The van der Waals surface area contributed by atoms with Gasteiger partial charge in [0, 0.05) is 36.4 Å². The summed E-state index contributed by atoms with van der Waals surface area (Å²) in [5, 5.41) is 2.73. The zero-order valence-electron chi connectivity index (χ0n) is 19.5. The van der Waals surface area contributed by atoms with Gasteiger partial charge in [-0.3, -0.25) is 9.59 Å². The molecule has 5 nitrogen and oxygen atoms in total. The Bertz CT molecular complexity index is 1370. The van der Waals surface area contributed by atoms with Crippen LogP contribution >= 0.6 is 0 Å². The number of nitrogens with one attached hydrogen (secondary N) is 1. The zero-order valence-corrected chi connectivity index (χ0v) is 19.5. The summed E-state index contributed by atoms with van der Waals surface area (Å²) in [6, 6.07) is 25.7. The maximum atomic E-state index is 13.8. The van der Waals surface area contributed by atoms with E-state index in [9.17, 15) is 18.4 Å². The summed E-state index contributed by atoms with van der Waals surface area (Å²) in [5.74, 6) is -1.71. The summed E-state index contributed by atoms with van der Waals surface area (Å²) in [5.41, 5.74) is 9.43. The molecule has 4 rings (SSSR count). The lowest BCUT2D eigenvalue weighted by molar-refractivity contribution is 0.0729. The van der Waals surface area contributed by atoms with Gasteiger partial charge < -0.3 is 16.0 Å². The van der Waals surface area contributed by atoms with E-state index in [1.54, 1.807) is 35.2 Å². The van der Waals surface area contributed by atoms with Crippen LogP contribution < -0.4 is 11.1 Å². The molecule has 0 saturated carbocycles. The molecular formula is C29H25F2N3O2. The number of nitrogens with two attached hydrogens (primary N) is 1. The molecule has 4 aromatic rings. The Hall–Kier alpha value is -4.36. The van der Waals surface area contributed by atoms with Gasteiger partial charge in [-0.2, -0.15) is 0 Å². The van der Waals surface area contributed by atoms with Gasteiger partial charge in [-0.25, -0.2) is 8.78 Å². The number of benzene rings is 4. The third-order valence-corrected chi connectivity index (χ3v) is 5.63. The van der Waals surface area contributed by atoms with E-state index in [-0.39, 0.29) is 23.6 Å². The van der Waals surface area contributed by atoms with Crippen LogP contribution in [0.3, 0.4) is 0 Å². The van der Waals surface area contributed by atoms with Gasteiger partial charge in [-0.1, -0.05) is 48.5 Å². The summed E-state index contributed by atoms with van der Waals surface area (Å²) in [6.45, 7) is 0.954. The number of carbonyl (C=O) groups is 2. The van der Waals surface area contributed by atoms with E-state index >= 15 is 0 Å². The van der Waals surface area contributed by atoms with Gasteiger partial charge in [0.05, 0.1) is 0 Å². The molecule has 7 heteroatoms. The van der Waals surface area contributed by atoms with Gasteiger partial charge in [0.2, 0.25) is 0 Å². The van der Waals surface area contributed by atoms with Gasteiger partial charge in [-0.05, 0) is 65.2 Å². The second-order valence-corrected chi connectivity index (χ2v) is 8.36. The van der Waals surface area contributed by atoms with Gasteiger partial charge >= 0.3 is 0 Å². The summed E-state index contributed by atoms with van der Waals surface area (Å²) in [6.07, 6.45) is 0. The van der Waals surface area contributed by atoms with Crippen molar-refractivity contribution in [3.8, 4) is 0 Å². The van der Waals surface area contributed by atoms with Crippen molar-refractivity contribution in [2.45, 2.75) is 19.6 Å². The second kappa shape index (κ2) is 11.4. The number of halogens is 2. The molecular weight excluding hydrogens is 460 g/mol. The van der Waals surface area contributed by atoms with Crippen LogP contribution in [0.15, 0.2) is 97.1 Å². The Morgan fingerprint density at radius 3 is 1.94 bits per heavy atom. The molecule has 0 aromatic heterocycles. The molecule has 3 N–H and O–H groups in total. The normalized spacial score (nSPS) is 10.6. The number of hydrogen-bond donors (Lipinski definition) is 2. The van der Waals surface area contributed by atoms with E-state index < -0.39 is 17.5 Å². The summed E-state index contributed by atoms with van der Waals surface area (Å²) >= 11 is 0. The molecule has 4 aromatic carbocycles. The van der Waals surface area contributed by atoms with Crippen molar-refractivity contribution in [3.05, 3.63) is 137 Å². The Kier molecular flexibility index (Phi) is 7.82. The first kappa shape index (κ1) is 24.8. The number of hydrogen-bond acceptors (Lipinski definition) is 3. The smallest absolute Gasteiger partial charge is 0.255 e. The van der Waals surface area contributed by atoms with E-state index in [1.807, 2.05) is 24.3 Å². The summed E-state index contributed by atoms with van der Waals surface area (Å²) < 4.78 is 27.2. The standard InChI is InChI=1S/C29H25F2N3O2/c30-25-8-2-6-23(15-25)28(35)33-27-12-10-20(11-13-27)18-34(19-22-5-1-4-21(14-22)17-32)29(36)24-7-3-9-26(31)16-24/h1-16H,17-19,32H2,(H,33,35). The highest BCUT2D eigenvalue weighted by atomic mass is 19.1. The Labute approximate surface area is 208 Å². The minimum Gasteiger partial charge on any atom is -0.330 e. The lowest BCUT2D eigenvalue weighted by Gasteiger charge is -2.24. The highest BCUT2D eigenvalue weighted by molar-refractivity contribution is 6.04. The molecule has 0 heterocycles. The summed E-state index contributed by atoms with van der Waals surface area (Å²) in [7, 11) is 0. The Balaban J connectivity index is 1.52. The molecule has 0 saturated heterocycles. The number of anilines is 1. The Morgan fingerprint density at radius 2 is 1.28 bits per heavy atom. The fourth-order valence-corrected chi connectivity index (χ4v) is 3.83. The van der Waals surface area contributed by atoms with Crippen molar-refractivity contribution in [2.75, 3.05) is 5.32 Å². The fraction of sp³-hybridized carbons (Fsp3) is 0.103. The van der Waals surface area contributed by atoms with Crippen LogP contribution in [0, 0.1) is 11.6 Å². The van der Waals surface area contributed by atoms with Crippen molar-refractivity contribution in [3.63, 3.8) is 0 Å². The molecule has 0 aliphatic heterocycles. The number of carbonyl (C=O) groups excluding carboxylic acids is 2. The van der Waals surface area contributed by atoms with E-state index in [0.717, 1.165) is 16.7 Å². The Morgan fingerprint density at radius 1 is 0.694 bits per heavy atom. The van der Waals surface area contributed by atoms with Crippen LogP contribution in [0.1, 0.15) is 37.4 Å². The van der Waals surface area contributed by atoms with Gasteiger partial charge in [-0.15, -0.1) is 0 Å². The molecule has 182 valence electrons. The van der Waals surface area contributed by atoms with Crippen LogP contribution in [0.4, 0.5) is 14.5 Å². The molecule has 0 radical (unpaired) electrons. The zero-order chi connectivity index (χ0) is 25.5. The van der Waals surface area contributed by atoms with E-state index in [1.165, 1.54) is 42.5 Å². The van der Waals surface area contributed by atoms with Gasteiger partial charge in [0.15, 0.2) is 0 Å². The van der Waals surface area contributed by atoms with Gasteiger partial charge in [0.1, 0.15) is 11.6 Å². The van der Waals surface area contributed by atoms with Crippen LogP contribution in [0.2, 0.25) is 0 Å².